The molecule has 1 aromatic heterocycles. The summed E-state index contributed by atoms with van der Waals surface area (Å²) in [6, 6.07) is 5.85. The van der Waals surface area contributed by atoms with Crippen LogP contribution < -0.4 is 10.2 Å². The van der Waals surface area contributed by atoms with E-state index in [-0.39, 0.29) is 36.4 Å². The van der Waals surface area contributed by atoms with Gasteiger partial charge in [0.2, 0.25) is 18.2 Å². The summed E-state index contributed by atoms with van der Waals surface area (Å²) in [5.74, 6) is -4.00. The van der Waals surface area contributed by atoms with Gasteiger partial charge in [0.05, 0.1) is 18.1 Å². The number of alkyl halides is 2. The monoisotopic (exact) mass is 425 g/mol. The molecule has 0 radical (unpaired) electrons. The Kier molecular flexibility index (Phi) is 6.42. The highest BCUT2D eigenvalue weighted by Crippen LogP contribution is 2.35. The van der Waals surface area contributed by atoms with Gasteiger partial charge in [-0.2, -0.15) is 0 Å². The van der Waals surface area contributed by atoms with Crippen molar-refractivity contribution in [2.45, 2.75) is 43.7 Å². The summed E-state index contributed by atoms with van der Waals surface area (Å²) < 4.78 is 40.5. The lowest BCUT2D eigenvalue weighted by atomic mass is 9.91. The highest BCUT2D eigenvalue weighted by atomic mass is 35.5. The van der Waals surface area contributed by atoms with Crippen LogP contribution in [0.5, 0.6) is 0 Å². The average Bonchev–Trinajstić information content (AvgIpc) is 2.68. The van der Waals surface area contributed by atoms with Crippen LogP contribution in [0.4, 0.5) is 18.9 Å². The molecule has 2 aromatic rings. The zero-order valence-electron chi connectivity index (χ0n) is 15.3. The topological polar surface area (TPSA) is 62.3 Å². The molecule has 5 nitrogen and oxygen atoms in total. The molecule has 2 amide bonds. The van der Waals surface area contributed by atoms with Gasteiger partial charge < -0.3 is 5.32 Å². The quantitative estimate of drug-likeness (QED) is 0.703. The average molecular weight is 426 g/mol. The van der Waals surface area contributed by atoms with Crippen molar-refractivity contribution in [3.63, 3.8) is 0 Å². The first-order chi connectivity index (χ1) is 13.8. The minimum absolute atomic E-state index is 0.0650. The SMILES string of the molecule is O=CN(c1cncc(F)c1)C(C(=O)NC1CCC(F)(F)CC1)c1ccccc1Cl. The van der Waals surface area contributed by atoms with Crippen molar-refractivity contribution in [2.24, 2.45) is 0 Å². The van der Waals surface area contributed by atoms with Crippen LogP contribution in [0.3, 0.4) is 0 Å². The van der Waals surface area contributed by atoms with Gasteiger partial charge in [0.25, 0.3) is 0 Å². The maximum absolute atomic E-state index is 13.7. The van der Waals surface area contributed by atoms with Crippen molar-refractivity contribution < 1.29 is 22.8 Å². The molecule has 3 rings (SSSR count). The molecule has 1 saturated carbocycles. The first-order valence-electron chi connectivity index (χ1n) is 9.07. The Morgan fingerprint density at radius 3 is 2.59 bits per heavy atom. The molecule has 0 spiro atoms. The molecule has 29 heavy (non-hydrogen) atoms. The van der Waals surface area contributed by atoms with Crippen LogP contribution in [0.15, 0.2) is 42.7 Å². The normalized spacial score (nSPS) is 17.4. The Hall–Kier alpha value is -2.61. The van der Waals surface area contributed by atoms with Crippen LogP contribution in [0.2, 0.25) is 5.02 Å². The third kappa shape index (κ3) is 5.06. The fraction of sp³-hybridized carbons (Fsp3) is 0.350. The van der Waals surface area contributed by atoms with Crippen LogP contribution in [0, 0.1) is 5.82 Å². The predicted octanol–water partition coefficient (Wildman–Crippen LogP) is 4.27. The molecule has 1 unspecified atom stereocenters. The lowest BCUT2D eigenvalue weighted by Crippen LogP contribution is -2.46. The van der Waals surface area contributed by atoms with E-state index >= 15 is 0 Å². The van der Waals surface area contributed by atoms with Crippen LogP contribution in [0.1, 0.15) is 37.3 Å². The molecule has 1 aromatic carbocycles. The van der Waals surface area contributed by atoms with E-state index in [0.29, 0.717) is 12.0 Å². The Bertz CT molecular complexity index is 887. The number of amides is 2. The number of hydrogen-bond acceptors (Lipinski definition) is 3. The maximum Gasteiger partial charge on any atom is 0.248 e. The van der Waals surface area contributed by atoms with Gasteiger partial charge in [-0.1, -0.05) is 29.8 Å². The van der Waals surface area contributed by atoms with E-state index in [1.165, 1.54) is 6.20 Å². The number of benzene rings is 1. The van der Waals surface area contributed by atoms with Crippen LogP contribution >= 0.6 is 11.6 Å². The number of aromatic nitrogens is 1. The Morgan fingerprint density at radius 1 is 1.28 bits per heavy atom. The molecule has 1 aliphatic rings. The van der Waals surface area contributed by atoms with E-state index in [4.69, 9.17) is 11.6 Å². The summed E-state index contributed by atoms with van der Waals surface area (Å²) in [6.07, 6.45) is 2.21. The molecule has 1 N–H and O–H groups in total. The number of halogens is 4. The van der Waals surface area contributed by atoms with Crippen molar-refractivity contribution in [1.82, 2.24) is 10.3 Å². The van der Waals surface area contributed by atoms with Crippen molar-refractivity contribution in [2.75, 3.05) is 4.90 Å². The zero-order valence-corrected chi connectivity index (χ0v) is 16.1. The number of rotatable bonds is 6. The molecule has 0 saturated heterocycles. The second kappa shape index (κ2) is 8.82. The first kappa shape index (κ1) is 21.1. The molecule has 154 valence electrons. The zero-order chi connectivity index (χ0) is 21.0. The summed E-state index contributed by atoms with van der Waals surface area (Å²) in [7, 11) is 0. The third-order valence-electron chi connectivity index (χ3n) is 4.89. The number of carbonyl (C=O) groups excluding carboxylic acids is 2. The molecular weight excluding hydrogens is 407 g/mol. The van der Waals surface area contributed by atoms with Crippen molar-refractivity contribution in [1.29, 1.82) is 0 Å². The summed E-state index contributed by atoms with van der Waals surface area (Å²) >= 11 is 6.25. The van der Waals surface area contributed by atoms with Gasteiger partial charge in [-0.25, -0.2) is 13.2 Å². The Balaban J connectivity index is 1.92. The third-order valence-corrected chi connectivity index (χ3v) is 5.24. The Morgan fingerprint density at radius 2 is 1.97 bits per heavy atom. The second-order valence-electron chi connectivity index (χ2n) is 6.94. The van der Waals surface area contributed by atoms with Gasteiger partial charge >= 0.3 is 0 Å². The molecule has 1 aliphatic carbocycles. The van der Waals surface area contributed by atoms with Crippen molar-refractivity contribution in [3.05, 3.63) is 59.1 Å². The molecule has 1 atom stereocenters. The molecule has 9 heteroatoms. The number of carbonyl (C=O) groups is 2. The number of anilines is 1. The minimum Gasteiger partial charge on any atom is -0.351 e. The van der Waals surface area contributed by atoms with Crippen LogP contribution in [-0.2, 0) is 9.59 Å². The summed E-state index contributed by atoms with van der Waals surface area (Å²) in [4.78, 5) is 29.7. The minimum atomic E-state index is -2.73. The lowest BCUT2D eigenvalue weighted by Gasteiger charge is -2.33. The molecule has 0 aliphatic heterocycles. The highest BCUT2D eigenvalue weighted by Gasteiger charge is 2.37. The van der Waals surface area contributed by atoms with Crippen LogP contribution in [0.25, 0.3) is 0 Å². The van der Waals surface area contributed by atoms with Crippen molar-refractivity contribution in [3.8, 4) is 0 Å². The molecule has 1 fully saturated rings. The largest absolute Gasteiger partial charge is 0.351 e. The summed E-state index contributed by atoms with van der Waals surface area (Å²) in [5.41, 5.74) is 0.388. The van der Waals surface area contributed by atoms with Crippen LogP contribution in [-0.4, -0.2) is 29.3 Å². The molecule has 0 bridgehead atoms. The molecular formula is C20H19ClF3N3O2. The standard InChI is InChI=1S/C20H19ClF3N3O2/c21-17-4-2-1-3-16(17)18(27(12-28)15-9-13(22)10-25-11-15)19(29)26-14-5-7-20(23,24)8-6-14/h1-4,9-12,14,18H,5-8H2,(H,26,29). The van der Waals surface area contributed by atoms with E-state index < -0.39 is 29.7 Å². The highest BCUT2D eigenvalue weighted by molar-refractivity contribution is 6.31. The van der Waals surface area contributed by atoms with Gasteiger partial charge in [-0.15, -0.1) is 0 Å². The number of pyridine rings is 1. The summed E-state index contributed by atoms with van der Waals surface area (Å²) in [6.45, 7) is 0. The van der Waals surface area contributed by atoms with Crippen molar-refractivity contribution >= 4 is 29.6 Å². The van der Waals surface area contributed by atoms with Gasteiger partial charge in [-0.05, 0) is 18.9 Å². The smallest absolute Gasteiger partial charge is 0.248 e. The molecule has 1 heterocycles. The van der Waals surface area contributed by atoms with Gasteiger partial charge in [0, 0.05) is 35.5 Å². The fourth-order valence-corrected chi connectivity index (χ4v) is 3.63. The number of hydrogen-bond donors (Lipinski definition) is 1. The van der Waals surface area contributed by atoms with E-state index in [9.17, 15) is 22.8 Å². The van der Waals surface area contributed by atoms with Gasteiger partial charge in [0.15, 0.2) is 0 Å². The summed E-state index contributed by atoms with van der Waals surface area (Å²) in [5, 5.41) is 2.97. The van der Waals surface area contributed by atoms with E-state index in [0.717, 1.165) is 17.2 Å². The predicted molar refractivity (Wildman–Crippen MR) is 102 cm³/mol. The Labute approximate surface area is 170 Å². The number of nitrogens with one attached hydrogen (secondary N) is 1. The lowest BCUT2D eigenvalue weighted by molar-refractivity contribution is -0.125. The van der Waals surface area contributed by atoms with E-state index in [1.54, 1.807) is 24.3 Å². The first-order valence-corrected chi connectivity index (χ1v) is 9.45. The second-order valence-corrected chi connectivity index (χ2v) is 7.34. The fourth-order valence-electron chi connectivity index (χ4n) is 3.39. The van der Waals surface area contributed by atoms with E-state index in [2.05, 4.69) is 10.3 Å². The van der Waals surface area contributed by atoms with E-state index in [1.807, 2.05) is 0 Å². The maximum atomic E-state index is 13.7. The van der Waals surface area contributed by atoms with Gasteiger partial charge in [-0.3, -0.25) is 19.5 Å². The number of nitrogens with zero attached hydrogens (tertiary/aromatic N) is 2. The van der Waals surface area contributed by atoms with Gasteiger partial charge in [0.1, 0.15) is 11.9 Å².